The maximum absolute atomic E-state index is 12.5. The molecule has 134 valence electrons. The zero-order chi connectivity index (χ0) is 17.8. The lowest BCUT2D eigenvalue weighted by molar-refractivity contribution is 0.102. The number of nitrogens with zero attached hydrogens (tertiary/aromatic N) is 4. The molecular formula is C18H25N5OS. The number of anilines is 2. The van der Waals surface area contributed by atoms with Crippen molar-refractivity contribution >= 4 is 28.2 Å². The highest BCUT2D eigenvalue weighted by Crippen LogP contribution is 2.28. The lowest BCUT2D eigenvalue weighted by Gasteiger charge is -2.23. The van der Waals surface area contributed by atoms with Crippen molar-refractivity contribution in [3.05, 3.63) is 34.5 Å². The van der Waals surface area contributed by atoms with Gasteiger partial charge in [0.1, 0.15) is 5.82 Å². The number of likely N-dealkylation sites (N-methyl/N-ethyl adjacent to an activating group) is 1. The first-order chi connectivity index (χ1) is 12.1. The van der Waals surface area contributed by atoms with Gasteiger partial charge in [-0.05, 0) is 32.5 Å². The highest BCUT2D eigenvalue weighted by atomic mass is 32.1. The summed E-state index contributed by atoms with van der Waals surface area (Å²) >= 11 is 1.58. The van der Waals surface area contributed by atoms with Gasteiger partial charge in [0.05, 0.1) is 11.3 Å². The van der Waals surface area contributed by atoms with E-state index in [1.54, 1.807) is 17.5 Å². The van der Waals surface area contributed by atoms with E-state index >= 15 is 0 Å². The zero-order valence-electron chi connectivity index (χ0n) is 15.1. The Morgan fingerprint density at radius 1 is 1.32 bits per heavy atom. The predicted molar refractivity (Wildman–Crippen MR) is 103 cm³/mol. The first-order valence-corrected chi connectivity index (χ1v) is 9.69. The van der Waals surface area contributed by atoms with Crippen molar-refractivity contribution in [2.45, 2.75) is 33.7 Å². The van der Waals surface area contributed by atoms with Crippen LogP contribution in [-0.4, -0.2) is 47.0 Å². The van der Waals surface area contributed by atoms with E-state index in [4.69, 9.17) is 0 Å². The van der Waals surface area contributed by atoms with E-state index < -0.39 is 0 Å². The van der Waals surface area contributed by atoms with Crippen LogP contribution in [0.2, 0.25) is 0 Å². The first kappa shape index (κ1) is 17.8. The van der Waals surface area contributed by atoms with Gasteiger partial charge in [-0.15, -0.1) is 11.3 Å². The summed E-state index contributed by atoms with van der Waals surface area (Å²) in [5.41, 5.74) is 1.68. The standard InChI is InChI=1S/C18H25N5OS/c1-4-22-10-9-14-15(12-22)25-18(20-14)21-17(24)13-7-8-16(19-11-13)23(5-2)6-3/h7-8,11H,4-6,9-10,12H2,1-3H3,(H,20,21,24). The van der Waals surface area contributed by atoms with Gasteiger partial charge in [-0.3, -0.25) is 15.0 Å². The predicted octanol–water partition coefficient (Wildman–Crippen LogP) is 3.01. The van der Waals surface area contributed by atoms with Crippen LogP contribution in [0.4, 0.5) is 10.9 Å². The molecule has 7 heteroatoms. The van der Waals surface area contributed by atoms with Gasteiger partial charge in [-0.2, -0.15) is 0 Å². The minimum atomic E-state index is -0.156. The van der Waals surface area contributed by atoms with E-state index in [0.29, 0.717) is 10.7 Å². The molecule has 0 saturated heterocycles. The van der Waals surface area contributed by atoms with Gasteiger partial charge in [0, 0.05) is 43.7 Å². The van der Waals surface area contributed by atoms with E-state index in [1.807, 2.05) is 12.1 Å². The van der Waals surface area contributed by atoms with Gasteiger partial charge in [0.25, 0.3) is 5.91 Å². The second-order valence-corrected chi connectivity index (χ2v) is 7.12. The molecule has 0 atom stereocenters. The molecular weight excluding hydrogens is 334 g/mol. The number of thiazole rings is 1. The molecule has 0 unspecified atom stereocenters. The van der Waals surface area contributed by atoms with E-state index in [-0.39, 0.29) is 5.91 Å². The van der Waals surface area contributed by atoms with Crippen LogP contribution in [0.3, 0.4) is 0 Å². The minimum absolute atomic E-state index is 0.156. The summed E-state index contributed by atoms with van der Waals surface area (Å²) in [4.78, 5) is 27.3. The summed E-state index contributed by atoms with van der Waals surface area (Å²) in [5, 5.41) is 3.60. The number of hydrogen-bond donors (Lipinski definition) is 1. The molecule has 1 aliphatic rings. The third kappa shape index (κ3) is 3.99. The van der Waals surface area contributed by atoms with E-state index in [9.17, 15) is 4.79 Å². The Bertz CT molecular complexity index is 724. The first-order valence-electron chi connectivity index (χ1n) is 8.87. The molecule has 0 spiro atoms. The molecule has 0 radical (unpaired) electrons. The fourth-order valence-corrected chi connectivity index (χ4v) is 4.04. The van der Waals surface area contributed by atoms with Crippen molar-refractivity contribution in [2.75, 3.05) is 36.4 Å². The molecule has 25 heavy (non-hydrogen) atoms. The van der Waals surface area contributed by atoms with Crippen LogP contribution in [0.5, 0.6) is 0 Å². The summed E-state index contributed by atoms with van der Waals surface area (Å²) in [6, 6.07) is 3.72. The van der Waals surface area contributed by atoms with Gasteiger partial charge >= 0.3 is 0 Å². The third-order valence-electron chi connectivity index (χ3n) is 4.58. The van der Waals surface area contributed by atoms with Gasteiger partial charge in [0.15, 0.2) is 5.13 Å². The lowest BCUT2D eigenvalue weighted by Crippen LogP contribution is -2.29. The maximum atomic E-state index is 12.5. The molecule has 2 aromatic heterocycles. The number of pyridine rings is 1. The highest BCUT2D eigenvalue weighted by Gasteiger charge is 2.20. The molecule has 0 saturated carbocycles. The quantitative estimate of drug-likeness (QED) is 0.859. The zero-order valence-corrected chi connectivity index (χ0v) is 15.9. The average Bonchev–Trinajstić information content (AvgIpc) is 3.04. The molecule has 0 bridgehead atoms. The summed E-state index contributed by atoms with van der Waals surface area (Å²) < 4.78 is 0. The van der Waals surface area contributed by atoms with Crippen molar-refractivity contribution < 1.29 is 4.79 Å². The van der Waals surface area contributed by atoms with Crippen molar-refractivity contribution in [1.29, 1.82) is 0 Å². The molecule has 2 aromatic rings. The van der Waals surface area contributed by atoms with Crippen LogP contribution in [0, 0.1) is 0 Å². The van der Waals surface area contributed by atoms with E-state index in [2.05, 4.69) is 45.9 Å². The Morgan fingerprint density at radius 3 is 2.76 bits per heavy atom. The fraction of sp³-hybridized carbons (Fsp3) is 0.500. The SMILES string of the molecule is CCN1CCc2nc(NC(=O)c3ccc(N(CC)CC)nc3)sc2C1. The normalized spacial score (nSPS) is 14.2. The highest BCUT2D eigenvalue weighted by molar-refractivity contribution is 7.15. The number of rotatable bonds is 6. The number of hydrogen-bond acceptors (Lipinski definition) is 6. The topological polar surface area (TPSA) is 61.4 Å². The van der Waals surface area contributed by atoms with Crippen molar-refractivity contribution in [3.63, 3.8) is 0 Å². The molecule has 6 nitrogen and oxygen atoms in total. The Balaban J connectivity index is 1.67. The monoisotopic (exact) mass is 359 g/mol. The second-order valence-electron chi connectivity index (χ2n) is 6.04. The molecule has 0 fully saturated rings. The Labute approximate surface area is 152 Å². The van der Waals surface area contributed by atoms with Crippen LogP contribution >= 0.6 is 11.3 Å². The van der Waals surface area contributed by atoms with Crippen LogP contribution in [0.25, 0.3) is 0 Å². The van der Waals surface area contributed by atoms with Crippen LogP contribution in [0.15, 0.2) is 18.3 Å². The number of amides is 1. The molecule has 3 heterocycles. The number of aromatic nitrogens is 2. The average molecular weight is 359 g/mol. The molecule has 1 amide bonds. The molecule has 1 N–H and O–H groups in total. The summed E-state index contributed by atoms with van der Waals surface area (Å²) in [6.07, 6.45) is 2.59. The summed E-state index contributed by atoms with van der Waals surface area (Å²) in [6.45, 7) is 11.2. The number of carbonyl (C=O) groups excluding carboxylic acids is 1. The number of carbonyl (C=O) groups is 1. The Morgan fingerprint density at radius 2 is 2.12 bits per heavy atom. The van der Waals surface area contributed by atoms with Crippen LogP contribution in [0.1, 0.15) is 41.7 Å². The largest absolute Gasteiger partial charge is 0.357 e. The molecule has 0 aromatic carbocycles. The molecule has 0 aliphatic carbocycles. The van der Waals surface area contributed by atoms with Crippen molar-refractivity contribution in [3.8, 4) is 0 Å². The van der Waals surface area contributed by atoms with Crippen molar-refractivity contribution in [2.24, 2.45) is 0 Å². The summed E-state index contributed by atoms with van der Waals surface area (Å²) in [5.74, 6) is 0.739. The van der Waals surface area contributed by atoms with Crippen LogP contribution < -0.4 is 10.2 Å². The summed E-state index contributed by atoms with van der Waals surface area (Å²) in [7, 11) is 0. The smallest absolute Gasteiger partial charge is 0.259 e. The van der Waals surface area contributed by atoms with Crippen molar-refractivity contribution in [1.82, 2.24) is 14.9 Å². The minimum Gasteiger partial charge on any atom is -0.357 e. The van der Waals surface area contributed by atoms with Crippen LogP contribution in [-0.2, 0) is 13.0 Å². The van der Waals surface area contributed by atoms with E-state index in [1.165, 1.54) is 4.88 Å². The van der Waals surface area contributed by atoms with Gasteiger partial charge < -0.3 is 4.90 Å². The Kier molecular flexibility index (Phi) is 5.65. The van der Waals surface area contributed by atoms with Gasteiger partial charge in [-0.25, -0.2) is 9.97 Å². The lowest BCUT2D eigenvalue weighted by atomic mass is 10.2. The Hall–Kier alpha value is -1.99. The fourth-order valence-electron chi connectivity index (χ4n) is 3.00. The molecule has 3 rings (SSSR count). The van der Waals surface area contributed by atoms with Gasteiger partial charge in [-0.1, -0.05) is 6.92 Å². The van der Waals surface area contributed by atoms with E-state index in [0.717, 1.165) is 50.7 Å². The maximum Gasteiger partial charge on any atom is 0.259 e. The van der Waals surface area contributed by atoms with Gasteiger partial charge in [0.2, 0.25) is 0 Å². The second kappa shape index (κ2) is 7.93. The number of nitrogens with one attached hydrogen (secondary N) is 1. The molecule has 1 aliphatic heterocycles. The third-order valence-corrected chi connectivity index (χ3v) is 5.57. The number of fused-ring (bicyclic) bond motifs is 1.